The molecule has 0 unspecified atom stereocenters. The largest absolute Gasteiger partial charge is 0.406 e. The molecule has 0 fully saturated rings. The van der Waals surface area contributed by atoms with Crippen LogP contribution in [-0.4, -0.2) is 23.5 Å². The molecule has 2 aromatic carbocycles. The van der Waals surface area contributed by atoms with Gasteiger partial charge in [0.2, 0.25) is 0 Å². The van der Waals surface area contributed by atoms with Crippen molar-refractivity contribution in [1.82, 2.24) is 4.90 Å². The molecule has 1 atom stereocenters. The van der Waals surface area contributed by atoms with Crippen molar-refractivity contribution in [2.45, 2.75) is 12.3 Å². The number of para-hydroxylation sites is 1. The summed E-state index contributed by atoms with van der Waals surface area (Å²) in [5, 5.41) is 2.88. The highest BCUT2D eigenvalue weighted by Crippen LogP contribution is 2.35. The Morgan fingerprint density at radius 1 is 1.09 bits per heavy atom. The van der Waals surface area contributed by atoms with Gasteiger partial charge in [-0.25, -0.2) is 4.39 Å². The van der Waals surface area contributed by atoms with Gasteiger partial charge in [-0.3, -0.25) is 4.79 Å². The van der Waals surface area contributed by atoms with Gasteiger partial charge in [0.05, 0.1) is 5.56 Å². The van der Waals surface area contributed by atoms with E-state index in [4.69, 9.17) is 0 Å². The Balaban J connectivity index is 2.06. The van der Waals surface area contributed by atoms with E-state index in [2.05, 4.69) is 5.32 Å². The maximum Gasteiger partial charge on any atom is 0.406 e. The van der Waals surface area contributed by atoms with E-state index in [9.17, 15) is 22.4 Å². The lowest BCUT2D eigenvalue weighted by Gasteiger charge is -2.38. The summed E-state index contributed by atoms with van der Waals surface area (Å²) in [4.78, 5) is 13.1. The number of carbonyl (C=O) groups is 1. The van der Waals surface area contributed by atoms with Crippen LogP contribution in [0.5, 0.6) is 0 Å². The van der Waals surface area contributed by atoms with E-state index in [1.54, 1.807) is 18.2 Å². The van der Waals surface area contributed by atoms with Gasteiger partial charge in [-0.15, -0.1) is 0 Å². The summed E-state index contributed by atoms with van der Waals surface area (Å²) in [6, 6.07) is 11.5. The van der Waals surface area contributed by atoms with Gasteiger partial charge in [0.1, 0.15) is 18.5 Å². The summed E-state index contributed by atoms with van der Waals surface area (Å²) < 4.78 is 52.0. The first kappa shape index (κ1) is 15.3. The summed E-state index contributed by atoms with van der Waals surface area (Å²) in [6.45, 7) is -1.42. The highest BCUT2D eigenvalue weighted by molar-refractivity contribution is 6.01. The fourth-order valence-electron chi connectivity index (χ4n) is 2.59. The molecule has 0 bridgehead atoms. The summed E-state index contributed by atoms with van der Waals surface area (Å²) in [7, 11) is 0. The highest BCUT2D eigenvalue weighted by atomic mass is 19.4. The molecule has 1 N–H and O–H groups in total. The Labute approximate surface area is 129 Å². The van der Waals surface area contributed by atoms with Crippen LogP contribution in [0, 0.1) is 5.82 Å². The minimum Gasteiger partial charge on any atom is -0.361 e. The third-order valence-corrected chi connectivity index (χ3v) is 3.54. The lowest BCUT2D eigenvalue weighted by Crippen LogP contribution is -2.47. The molecule has 0 aromatic heterocycles. The smallest absolute Gasteiger partial charge is 0.361 e. The van der Waals surface area contributed by atoms with Crippen LogP contribution >= 0.6 is 0 Å². The van der Waals surface area contributed by atoms with Crippen molar-refractivity contribution in [3.05, 3.63) is 65.5 Å². The quantitative estimate of drug-likeness (QED) is 0.848. The summed E-state index contributed by atoms with van der Waals surface area (Å²) >= 11 is 0. The predicted molar refractivity (Wildman–Crippen MR) is 76.3 cm³/mol. The zero-order valence-electron chi connectivity index (χ0n) is 11.8. The molecule has 1 aliphatic rings. The van der Waals surface area contributed by atoms with Crippen molar-refractivity contribution < 1.29 is 22.4 Å². The number of anilines is 1. The fourth-order valence-corrected chi connectivity index (χ4v) is 2.59. The van der Waals surface area contributed by atoms with E-state index >= 15 is 0 Å². The van der Waals surface area contributed by atoms with Gasteiger partial charge < -0.3 is 10.2 Å². The fraction of sp³-hybridized carbons (Fsp3) is 0.188. The molecule has 3 nitrogen and oxygen atoms in total. The number of fused-ring (bicyclic) bond motifs is 1. The van der Waals surface area contributed by atoms with Crippen LogP contribution < -0.4 is 5.32 Å². The zero-order valence-corrected chi connectivity index (χ0v) is 11.8. The predicted octanol–water partition coefficient (Wildman–Crippen LogP) is 3.95. The van der Waals surface area contributed by atoms with Gasteiger partial charge >= 0.3 is 6.18 Å². The number of hydrogen-bond acceptors (Lipinski definition) is 2. The SMILES string of the molecule is O=C1c2ccccc2N[C@@H](c2cccc(F)c2)N1CC(F)(F)F. The maximum atomic E-state index is 13.4. The molecule has 2 aromatic rings. The number of nitrogens with zero attached hydrogens (tertiary/aromatic N) is 1. The molecule has 3 rings (SSSR count). The second-order valence-corrected chi connectivity index (χ2v) is 5.20. The Hall–Kier alpha value is -2.57. The van der Waals surface area contributed by atoms with E-state index < -0.39 is 30.6 Å². The molecule has 1 heterocycles. The molecule has 0 radical (unpaired) electrons. The molecule has 0 saturated heterocycles. The first-order valence-electron chi connectivity index (χ1n) is 6.84. The molecule has 1 aliphatic heterocycles. The van der Waals surface area contributed by atoms with Gasteiger partial charge in [0.25, 0.3) is 5.91 Å². The van der Waals surface area contributed by atoms with Crippen molar-refractivity contribution >= 4 is 11.6 Å². The van der Waals surface area contributed by atoms with Crippen LogP contribution in [0.2, 0.25) is 0 Å². The summed E-state index contributed by atoms with van der Waals surface area (Å²) in [5.74, 6) is -1.33. The Morgan fingerprint density at radius 2 is 1.83 bits per heavy atom. The van der Waals surface area contributed by atoms with Crippen molar-refractivity contribution in [1.29, 1.82) is 0 Å². The van der Waals surface area contributed by atoms with Crippen molar-refractivity contribution in [2.24, 2.45) is 0 Å². The monoisotopic (exact) mass is 324 g/mol. The molecular formula is C16H12F4N2O. The summed E-state index contributed by atoms with van der Waals surface area (Å²) in [6.07, 6.45) is -5.65. The van der Waals surface area contributed by atoms with E-state index in [1.807, 2.05) is 0 Å². The second kappa shape index (κ2) is 5.57. The molecule has 23 heavy (non-hydrogen) atoms. The van der Waals surface area contributed by atoms with E-state index in [0.29, 0.717) is 10.6 Å². The second-order valence-electron chi connectivity index (χ2n) is 5.20. The number of halogens is 4. The lowest BCUT2D eigenvalue weighted by molar-refractivity contribution is -0.144. The lowest BCUT2D eigenvalue weighted by atomic mass is 10.0. The topological polar surface area (TPSA) is 32.3 Å². The van der Waals surface area contributed by atoms with E-state index in [1.165, 1.54) is 24.3 Å². The number of hydrogen-bond donors (Lipinski definition) is 1. The Kier molecular flexibility index (Phi) is 3.71. The van der Waals surface area contributed by atoms with Crippen LogP contribution in [0.15, 0.2) is 48.5 Å². The number of rotatable bonds is 2. The zero-order chi connectivity index (χ0) is 16.6. The average molecular weight is 324 g/mol. The Bertz CT molecular complexity index is 745. The highest BCUT2D eigenvalue weighted by Gasteiger charge is 2.40. The minimum absolute atomic E-state index is 0.157. The van der Waals surface area contributed by atoms with Gasteiger partial charge in [-0.1, -0.05) is 24.3 Å². The number of alkyl halides is 3. The van der Waals surface area contributed by atoms with Crippen molar-refractivity contribution in [3.63, 3.8) is 0 Å². The minimum atomic E-state index is -4.56. The molecule has 0 spiro atoms. The molecule has 0 aliphatic carbocycles. The number of amides is 1. The molecule has 1 amide bonds. The first-order valence-corrected chi connectivity index (χ1v) is 6.84. The number of nitrogens with one attached hydrogen (secondary N) is 1. The van der Waals surface area contributed by atoms with Gasteiger partial charge in [-0.05, 0) is 29.8 Å². The Morgan fingerprint density at radius 3 is 2.52 bits per heavy atom. The van der Waals surface area contributed by atoms with Crippen LogP contribution in [0.1, 0.15) is 22.1 Å². The van der Waals surface area contributed by atoms with E-state index in [-0.39, 0.29) is 11.1 Å². The standard InChI is InChI=1S/C16H12F4N2O/c17-11-5-3-4-10(8-11)14-21-13-7-2-1-6-12(13)15(23)22(14)9-16(18,19)20/h1-8,14,21H,9H2/t14-/m1/s1. The van der Waals surface area contributed by atoms with Crippen molar-refractivity contribution in [2.75, 3.05) is 11.9 Å². The summed E-state index contributed by atoms with van der Waals surface area (Å²) in [5.41, 5.74) is 0.826. The molecule has 120 valence electrons. The van der Waals surface area contributed by atoms with E-state index in [0.717, 1.165) is 6.07 Å². The van der Waals surface area contributed by atoms with Crippen LogP contribution in [0.3, 0.4) is 0 Å². The molecule has 0 saturated carbocycles. The first-order chi connectivity index (χ1) is 10.8. The number of benzene rings is 2. The van der Waals surface area contributed by atoms with Gasteiger partial charge in [0, 0.05) is 5.69 Å². The molecule has 7 heteroatoms. The molecular weight excluding hydrogens is 312 g/mol. The number of carbonyl (C=O) groups excluding carboxylic acids is 1. The third-order valence-electron chi connectivity index (χ3n) is 3.54. The third kappa shape index (κ3) is 3.13. The van der Waals surface area contributed by atoms with Gasteiger partial charge in [-0.2, -0.15) is 13.2 Å². The van der Waals surface area contributed by atoms with Crippen LogP contribution in [-0.2, 0) is 0 Å². The normalized spacial score (nSPS) is 17.7. The van der Waals surface area contributed by atoms with Crippen LogP contribution in [0.4, 0.5) is 23.2 Å². The maximum absolute atomic E-state index is 13.4. The van der Waals surface area contributed by atoms with Gasteiger partial charge in [0.15, 0.2) is 0 Å². The van der Waals surface area contributed by atoms with Crippen LogP contribution in [0.25, 0.3) is 0 Å². The average Bonchev–Trinajstić information content (AvgIpc) is 2.49. The van der Waals surface area contributed by atoms with Crippen molar-refractivity contribution in [3.8, 4) is 0 Å².